The van der Waals surface area contributed by atoms with Crippen molar-refractivity contribution in [3.05, 3.63) is 49.2 Å². The van der Waals surface area contributed by atoms with E-state index < -0.39 is 16.7 Å². The van der Waals surface area contributed by atoms with Crippen molar-refractivity contribution in [2.45, 2.75) is 26.9 Å². The fourth-order valence-electron chi connectivity index (χ4n) is 2.56. The number of rotatable bonds is 9. The van der Waals surface area contributed by atoms with Crippen molar-refractivity contribution in [1.82, 2.24) is 40.3 Å². The smallest absolute Gasteiger partial charge is 0.316 e. The van der Waals surface area contributed by atoms with Crippen molar-refractivity contribution in [3.63, 3.8) is 0 Å². The van der Waals surface area contributed by atoms with Gasteiger partial charge in [-0.15, -0.1) is 0 Å². The Hall–Kier alpha value is -3.37. The van der Waals surface area contributed by atoms with Crippen LogP contribution in [0, 0.1) is 27.5 Å². The number of carbonyl (C=O) groups excluding carboxylic acids is 2. The van der Waals surface area contributed by atoms with Gasteiger partial charge in [0.2, 0.25) is 5.91 Å². The average Bonchev–Trinajstić information content (AvgIpc) is 3.43. The Labute approximate surface area is 188 Å². The first-order chi connectivity index (χ1) is 14.7. The summed E-state index contributed by atoms with van der Waals surface area (Å²) in [6.07, 6.45) is 2.21. The Morgan fingerprint density at radius 3 is 2.68 bits per heavy atom. The van der Waals surface area contributed by atoms with Gasteiger partial charge in [-0.1, -0.05) is 5.16 Å². The van der Waals surface area contributed by atoms with Gasteiger partial charge in [-0.2, -0.15) is 15.2 Å². The van der Waals surface area contributed by atoms with Crippen molar-refractivity contribution in [3.8, 4) is 0 Å². The van der Waals surface area contributed by atoms with Crippen LogP contribution in [0.15, 0.2) is 16.9 Å². The van der Waals surface area contributed by atoms with Gasteiger partial charge >= 0.3 is 17.5 Å². The standard InChI is InChI=1S/C16H18IN9O5/c1-9-14(17)10(2)25(22-9)7-12-21-16(31-23-12)15(28)19-4-3-18-13(27)8-24-6-11(5-20-24)26(29)30/h5-6H,3-4,7-8H2,1-2H3,(H,18,27)(H,19,28). The van der Waals surface area contributed by atoms with Gasteiger partial charge in [-0.05, 0) is 36.4 Å². The van der Waals surface area contributed by atoms with E-state index >= 15 is 0 Å². The predicted molar refractivity (Wildman–Crippen MR) is 112 cm³/mol. The van der Waals surface area contributed by atoms with Crippen molar-refractivity contribution in [2.75, 3.05) is 13.1 Å². The lowest BCUT2D eigenvalue weighted by Crippen LogP contribution is -2.36. The summed E-state index contributed by atoms with van der Waals surface area (Å²) in [5, 5.41) is 27.6. The van der Waals surface area contributed by atoms with E-state index in [-0.39, 0.29) is 37.8 Å². The van der Waals surface area contributed by atoms with Gasteiger partial charge < -0.3 is 15.2 Å². The second-order valence-corrected chi connectivity index (χ2v) is 7.50. The molecule has 0 saturated heterocycles. The van der Waals surface area contributed by atoms with Gasteiger partial charge in [0.1, 0.15) is 25.5 Å². The fraction of sp³-hybridized carbons (Fsp3) is 0.375. The molecule has 0 aromatic carbocycles. The molecule has 14 nitrogen and oxygen atoms in total. The van der Waals surface area contributed by atoms with Crippen LogP contribution in [0.25, 0.3) is 0 Å². The molecule has 3 aromatic rings. The van der Waals surface area contributed by atoms with Crippen LogP contribution in [0.1, 0.15) is 27.9 Å². The molecule has 15 heteroatoms. The Bertz CT molecular complexity index is 1120. The molecule has 0 aliphatic rings. The Morgan fingerprint density at radius 1 is 1.29 bits per heavy atom. The summed E-state index contributed by atoms with van der Waals surface area (Å²) in [5.74, 6) is -0.860. The molecule has 0 bridgehead atoms. The second kappa shape index (κ2) is 9.63. The highest BCUT2D eigenvalue weighted by Crippen LogP contribution is 2.16. The summed E-state index contributed by atoms with van der Waals surface area (Å²) in [4.78, 5) is 38.0. The summed E-state index contributed by atoms with van der Waals surface area (Å²) < 4.78 is 8.91. The lowest BCUT2D eigenvalue weighted by atomic mass is 10.4. The normalized spacial score (nSPS) is 10.8. The number of aromatic nitrogens is 6. The minimum atomic E-state index is -0.599. The molecule has 2 N–H and O–H groups in total. The van der Waals surface area contributed by atoms with E-state index in [1.165, 1.54) is 0 Å². The Kier molecular flexibility index (Phi) is 6.93. The zero-order valence-corrected chi connectivity index (χ0v) is 18.7. The summed E-state index contributed by atoms with van der Waals surface area (Å²) in [7, 11) is 0. The molecule has 0 saturated carbocycles. The van der Waals surface area contributed by atoms with Crippen molar-refractivity contribution in [1.29, 1.82) is 0 Å². The third-order valence-electron chi connectivity index (χ3n) is 4.12. The number of nitrogens with one attached hydrogen (secondary N) is 2. The quantitative estimate of drug-likeness (QED) is 0.165. The molecule has 2 amide bonds. The zero-order chi connectivity index (χ0) is 22.5. The summed E-state index contributed by atoms with van der Waals surface area (Å²) in [5.41, 5.74) is 1.66. The highest BCUT2D eigenvalue weighted by Gasteiger charge is 2.17. The van der Waals surface area contributed by atoms with Gasteiger partial charge in [0, 0.05) is 18.8 Å². The maximum atomic E-state index is 12.1. The molecule has 0 atom stereocenters. The van der Waals surface area contributed by atoms with E-state index in [9.17, 15) is 19.7 Å². The number of halogens is 1. The minimum absolute atomic E-state index is 0.122. The van der Waals surface area contributed by atoms with E-state index in [2.05, 4.69) is 53.6 Å². The molecule has 3 aromatic heterocycles. The van der Waals surface area contributed by atoms with Crippen molar-refractivity contribution in [2.24, 2.45) is 0 Å². The number of aryl methyl sites for hydroxylation is 1. The molecule has 0 spiro atoms. The number of nitrogens with zero attached hydrogens (tertiary/aromatic N) is 7. The molecular weight excluding hydrogens is 525 g/mol. The monoisotopic (exact) mass is 543 g/mol. The first-order valence-corrected chi connectivity index (χ1v) is 10.1. The van der Waals surface area contributed by atoms with Crippen LogP contribution in [0.5, 0.6) is 0 Å². The molecule has 0 fully saturated rings. The third-order valence-corrected chi connectivity index (χ3v) is 5.68. The molecule has 164 valence electrons. The van der Waals surface area contributed by atoms with Gasteiger partial charge in [0.15, 0.2) is 5.82 Å². The molecule has 0 unspecified atom stereocenters. The van der Waals surface area contributed by atoms with Crippen LogP contribution >= 0.6 is 22.6 Å². The van der Waals surface area contributed by atoms with Crippen LogP contribution in [-0.4, -0.2) is 59.5 Å². The maximum absolute atomic E-state index is 12.1. The highest BCUT2D eigenvalue weighted by atomic mass is 127. The molecular formula is C16H18IN9O5. The zero-order valence-electron chi connectivity index (χ0n) is 16.5. The van der Waals surface area contributed by atoms with E-state index in [1.54, 1.807) is 4.68 Å². The summed E-state index contributed by atoms with van der Waals surface area (Å²) in [6.45, 7) is 4.18. The molecule has 3 rings (SSSR count). The third kappa shape index (κ3) is 5.62. The first-order valence-electron chi connectivity index (χ1n) is 8.98. The second-order valence-electron chi connectivity index (χ2n) is 6.42. The number of hydrogen-bond donors (Lipinski definition) is 2. The van der Waals surface area contributed by atoms with Crippen LogP contribution in [0.4, 0.5) is 5.69 Å². The summed E-state index contributed by atoms with van der Waals surface area (Å²) >= 11 is 2.21. The number of amides is 2. The number of nitro groups is 1. The predicted octanol–water partition coefficient (Wildman–Crippen LogP) is 0.187. The largest absolute Gasteiger partial charge is 0.353 e. The molecule has 3 heterocycles. The lowest BCUT2D eigenvalue weighted by Gasteiger charge is -2.05. The molecule has 0 aliphatic heterocycles. The molecule has 31 heavy (non-hydrogen) atoms. The first kappa shape index (κ1) is 22.3. The van der Waals surface area contributed by atoms with E-state index in [0.29, 0.717) is 5.82 Å². The average molecular weight is 543 g/mol. The molecule has 0 radical (unpaired) electrons. The highest BCUT2D eigenvalue weighted by molar-refractivity contribution is 14.1. The van der Waals surface area contributed by atoms with Gasteiger partial charge in [-0.3, -0.25) is 29.1 Å². The maximum Gasteiger partial charge on any atom is 0.316 e. The van der Waals surface area contributed by atoms with Crippen molar-refractivity contribution >= 4 is 40.1 Å². The van der Waals surface area contributed by atoms with Crippen LogP contribution in [-0.2, 0) is 17.9 Å². The minimum Gasteiger partial charge on any atom is -0.353 e. The van der Waals surface area contributed by atoms with Crippen molar-refractivity contribution < 1.29 is 19.0 Å². The van der Waals surface area contributed by atoms with Gasteiger partial charge in [-0.25, -0.2) is 0 Å². The lowest BCUT2D eigenvalue weighted by molar-refractivity contribution is -0.385. The molecule has 0 aliphatic carbocycles. The number of hydrogen-bond acceptors (Lipinski definition) is 9. The topological polar surface area (TPSA) is 176 Å². The number of carbonyl (C=O) groups is 2. The fourth-order valence-corrected chi connectivity index (χ4v) is 2.95. The van der Waals surface area contributed by atoms with E-state index in [1.807, 2.05) is 13.8 Å². The van der Waals surface area contributed by atoms with Gasteiger partial charge in [0.25, 0.3) is 0 Å². The Balaban J connectivity index is 1.42. The van der Waals surface area contributed by atoms with E-state index in [4.69, 9.17) is 4.52 Å². The summed E-state index contributed by atoms with van der Waals surface area (Å²) in [6, 6.07) is 0. The van der Waals surface area contributed by atoms with Crippen LogP contribution in [0.3, 0.4) is 0 Å². The van der Waals surface area contributed by atoms with Crippen LogP contribution < -0.4 is 10.6 Å². The SMILES string of the molecule is Cc1nn(Cc2noc(C(=O)NCCNC(=O)Cn3cc([N+](=O)[O-])cn3)n2)c(C)c1I. The Morgan fingerprint density at radius 2 is 2.03 bits per heavy atom. The van der Waals surface area contributed by atoms with Crippen LogP contribution in [0.2, 0.25) is 0 Å². The van der Waals surface area contributed by atoms with E-state index in [0.717, 1.165) is 32.0 Å². The van der Waals surface area contributed by atoms with Gasteiger partial charge in [0.05, 0.1) is 14.2 Å².